The number of benzene rings is 1. The minimum absolute atomic E-state index is 0.627. The van der Waals surface area contributed by atoms with Crippen LogP contribution in [0.4, 0.5) is 0 Å². The van der Waals surface area contributed by atoms with Crippen molar-refractivity contribution in [2.45, 2.75) is 53.4 Å². The molecule has 0 spiro atoms. The summed E-state index contributed by atoms with van der Waals surface area (Å²) in [5.41, 5.74) is 12.8. The van der Waals surface area contributed by atoms with Gasteiger partial charge in [0, 0.05) is 33.3 Å². The van der Waals surface area contributed by atoms with Gasteiger partial charge in [0.15, 0.2) is 0 Å². The van der Waals surface area contributed by atoms with E-state index >= 15 is 0 Å². The first-order valence-electron chi connectivity index (χ1n) is 11.4. The van der Waals surface area contributed by atoms with Crippen LogP contribution in [0.5, 0.6) is 0 Å². The number of nitrogens with two attached hydrogens (primary N) is 1. The SMILES string of the molecule is C=C(C)c1ccc(C(N)=NCCCC)cc1.CNC1=CCCC=C1NC.CNC=C(C)C. The van der Waals surface area contributed by atoms with Gasteiger partial charge in [-0.25, -0.2) is 0 Å². The lowest BCUT2D eigenvalue weighted by Gasteiger charge is -2.14. The number of amidine groups is 1. The summed E-state index contributed by atoms with van der Waals surface area (Å²) in [5.74, 6) is 0.627. The fraction of sp³-hybridized carbons (Fsp3) is 0.444. The van der Waals surface area contributed by atoms with Crippen LogP contribution >= 0.6 is 0 Å². The molecule has 5 nitrogen and oxygen atoms in total. The Hall–Kier alpha value is -2.95. The van der Waals surface area contributed by atoms with Gasteiger partial charge in [-0.05, 0) is 51.8 Å². The molecule has 0 aliphatic heterocycles. The molecule has 178 valence electrons. The number of nitrogens with one attached hydrogen (secondary N) is 3. The number of hydrogen-bond donors (Lipinski definition) is 4. The Morgan fingerprint density at radius 3 is 1.81 bits per heavy atom. The molecule has 0 saturated heterocycles. The van der Waals surface area contributed by atoms with Gasteiger partial charge < -0.3 is 21.7 Å². The second kappa shape index (κ2) is 17.7. The Bertz CT molecular complexity index is 759. The van der Waals surface area contributed by atoms with Crippen LogP contribution in [0.1, 0.15) is 64.5 Å². The molecule has 1 aromatic carbocycles. The molecule has 0 radical (unpaired) electrons. The third kappa shape index (κ3) is 12.7. The Balaban J connectivity index is 0.000000511. The number of hydrogen-bond acceptors (Lipinski definition) is 4. The molecule has 5 N–H and O–H groups in total. The van der Waals surface area contributed by atoms with Crippen LogP contribution in [-0.4, -0.2) is 33.5 Å². The van der Waals surface area contributed by atoms with Crippen LogP contribution in [0.2, 0.25) is 0 Å². The van der Waals surface area contributed by atoms with E-state index in [1.165, 1.54) is 17.0 Å². The van der Waals surface area contributed by atoms with Gasteiger partial charge in [-0.15, -0.1) is 0 Å². The van der Waals surface area contributed by atoms with Crippen LogP contribution in [0, 0.1) is 0 Å². The van der Waals surface area contributed by atoms with E-state index in [1.54, 1.807) is 0 Å². The Kier molecular flexibility index (Phi) is 16.1. The molecule has 0 atom stereocenters. The van der Waals surface area contributed by atoms with Gasteiger partial charge in [0.05, 0.1) is 11.4 Å². The zero-order valence-electron chi connectivity index (χ0n) is 21.3. The lowest BCUT2D eigenvalue weighted by atomic mass is 10.1. The highest BCUT2D eigenvalue weighted by atomic mass is 14.9. The van der Waals surface area contributed by atoms with Gasteiger partial charge in [0.25, 0.3) is 0 Å². The smallest absolute Gasteiger partial charge is 0.125 e. The Morgan fingerprint density at radius 2 is 1.47 bits per heavy atom. The fourth-order valence-electron chi connectivity index (χ4n) is 2.81. The topological polar surface area (TPSA) is 74.5 Å². The van der Waals surface area contributed by atoms with Crippen molar-refractivity contribution in [1.29, 1.82) is 0 Å². The van der Waals surface area contributed by atoms with Crippen molar-refractivity contribution in [2.24, 2.45) is 10.7 Å². The fourth-order valence-corrected chi connectivity index (χ4v) is 2.81. The van der Waals surface area contributed by atoms with Crippen molar-refractivity contribution in [3.8, 4) is 0 Å². The molecule has 0 saturated carbocycles. The van der Waals surface area contributed by atoms with Gasteiger partial charge in [-0.1, -0.05) is 67.5 Å². The first kappa shape index (κ1) is 29.1. The minimum Gasteiger partial charge on any atom is -0.394 e. The summed E-state index contributed by atoms with van der Waals surface area (Å²) in [6.07, 6.45) is 10.9. The van der Waals surface area contributed by atoms with Gasteiger partial charge >= 0.3 is 0 Å². The highest BCUT2D eigenvalue weighted by molar-refractivity contribution is 5.97. The van der Waals surface area contributed by atoms with E-state index in [2.05, 4.69) is 60.4 Å². The number of nitrogens with zero attached hydrogens (tertiary/aromatic N) is 1. The molecule has 0 bridgehead atoms. The summed E-state index contributed by atoms with van der Waals surface area (Å²) < 4.78 is 0. The number of rotatable bonds is 8. The lowest BCUT2D eigenvalue weighted by Crippen LogP contribution is -2.19. The lowest BCUT2D eigenvalue weighted by molar-refractivity contribution is 0.807. The van der Waals surface area contributed by atoms with E-state index in [-0.39, 0.29) is 0 Å². The standard InChI is InChI=1S/C14H20N2.C8H14N2.C5H11N/c1-4-5-10-16-14(15)13-8-6-12(7-9-13)11(2)3;1-9-7-5-3-4-6-8(7)10-2;1-5(2)4-6-3/h6-9H,2,4-5,10H2,1,3H3,(H2,15,16);5-6,9-10H,3-4H2,1-2H3;4,6H,1-3H3. The summed E-state index contributed by atoms with van der Waals surface area (Å²) >= 11 is 0. The van der Waals surface area contributed by atoms with Crippen LogP contribution < -0.4 is 21.7 Å². The molecule has 0 heterocycles. The molecule has 1 aromatic rings. The highest BCUT2D eigenvalue weighted by Crippen LogP contribution is 2.13. The molecule has 0 amide bonds. The van der Waals surface area contributed by atoms with Gasteiger partial charge in [-0.2, -0.15) is 0 Å². The first-order chi connectivity index (χ1) is 15.3. The highest BCUT2D eigenvalue weighted by Gasteiger charge is 2.03. The predicted octanol–water partition coefficient (Wildman–Crippen LogP) is 5.34. The van der Waals surface area contributed by atoms with Crippen molar-refractivity contribution in [3.05, 3.63) is 77.3 Å². The van der Waals surface area contributed by atoms with Crippen LogP contribution in [0.25, 0.3) is 5.57 Å². The summed E-state index contributed by atoms with van der Waals surface area (Å²) in [4.78, 5) is 4.33. The molecule has 1 aliphatic rings. The zero-order valence-corrected chi connectivity index (χ0v) is 21.3. The Morgan fingerprint density at radius 1 is 0.969 bits per heavy atom. The van der Waals surface area contributed by atoms with Crippen LogP contribution in [0.3, 0.4) is 0 Å². The zero-order chi connectivity index (χ0) is 24.4. The van der Waals surface area contributed by atoms with E-state index in [1.807, 2.05) is 58.5 Å². The number of aliphatic imine (C=N–C) groups is 1. The van der Waals surface area contributed by atoms with Crippen molar-refractivity contribution in [1.82, 2.24) is 16.0 Å². The molecule has 0 fully saturated rings. The first-order valence-corrected chi connectivity index (χ1v) is 11.4. The van der Waals surface area contributed by atoms with E-state index in [4.69, 9.17) is 5.73 Å². The summed E-state index contributed by atoms with van der Waals surface area (Å²) in [5, 5.41) is 9.18. The maximum atomic E-state index is 5.89. The average molecular weight is 440 g/mol. The molecule has 0 unspecified atom stereocenters. The van der Waals surface area contributed by atoms with E-state index in [0.717, 1.165) is 48.9 Å². The van der Waals surface area contributed by atoms with Gasteiger partial charge in [0.2, 0.25) is 0 Å². The maximum Gasteiger partial charge on any atom is 0.125 e. The third-order valence-corrected chi connectivity index (χ3v) is 4.59. The van der Waals surface area contributed by atoms with Crippen molar-refractivity contribution in [2.75, 3.05) is 27.7 Å². The summed E-state index contributed by atoms with van der Waals surface area (Å²) in [6, 6.07) is 8.04. The maximum absolute atomic E-state index is 5.89. The van der Waals surface area contributed by atoms with Crippen molar-refractivity contribution in [3.63, 3.8) is 0 Å². The number of unbranched alkanes of at least 4 members (excludes halogenated alkanes) is 1. The van der Waals surface area contributed by atoms with Gasteiger partial charge in [0.1, 0.15) is 5.84 Å². The minimum atomic E-state index is 0.627. The molecule has 5 heteroatoms. The van der Waals surface area contributed by atoms with Crippen molar-refractivity contribution >= 4 is 11.4 Å². The second-order valence-electron chi connectivity index (χ2n) is 7.80. The second-order valence-corrected chi connectivity index (χ2v) is 7.80. The largest absolute Gasteiger partial charge is 0.394 e. The van der Waals surface area contributed by atoms with Crippen LogP contribution in [0.15, 0.2) is 71.2 Å². The molecule has 2 rings (SSSR count). The monoisotopic (exact) mass is 439 g/mol. The van der Waals surface area contributed by atoms with Crippen LogP contribution in [-0.2, 0) is 0 Å². The number of allylic oxidation sites excluding steroid dienone is 4. The molecular weight excluding hydrogens is 394 g/mol. The third-order valence-electron chi connectivity index (χ3n) is 4.59. The quantitative estimate of drug-likeness (QED) is 0.250. The summed E-state index contributed by atoms with van der Waals surface area (Å²) in [7, 11) is 5.79. The predicted molar refractivity (Wildman–Crippen MR) is 144 cm³/mol. The molecule has 32 heavy (non-hydrogen) atoms. The summed E-state index contributed by atoms with van der Waals surface area (Å²) in [6.45, 7) is 13.0. The van der Waals surface area contributed by atoms with E-state index in [0.29, 0.717) is 5.84 Å². The average Bonchev–Trinajstić information content (AvgIpc) is 2.80. The molecule has 1 aliphatic carbocycles. The van der Waals surface area contributed by atoms with E-state index < -0.39 is 0 Å². The van der Waals surface area contributed by atoms with E-state index in [9.17, 15) is 0 Å². The molecule has 0 aromatic heterocycles. The van der Waals surface area contributed by atoms with Gasteiger partial charge in [-0.3, -0.25) is 4.99 Å². The Labute approximate surface area is 196 Å². The normalized spacial score (nSPS) is 12.5. The number of likely N-dealkylation sites (N-methyl/N-ethyl adjacent to an activating group) is 2. The molecular formula is C27H45N5. The van der Waals surface area contributed by atoms with Crippen molar-refractivity contribution < 1.29 is 0 Å².